The Labute approximate surface area is 162 Å². The molecule has 0 spiro atoms. The van der Waals surface area contributed by atoms with Crippen molar-refractivity contribution in [3.63, 3.8) is 0 Å². The van der Waals surface area contributed by atoms with Crippen LogP contribution in [-0.2, 0) is 0 Å². The van der Waals surface area contributed by atoms with Crippen LogP contribution in [0.1, 0.15) is 37.5 Å². The van der Waals surface area contributed by atoms with Crippen LogP contribution >= 0.6 is 0 Å². The lowest BCUT2D eigenvalue weighted by Crippen LogP contribution is -2.37. The lowest BCUT2D eigenvalue weighted by Gasteiger charge is -2.26. The molecule has 0 saturated carbocycles. The molecule has 1 unspecified atom stereocenters. The van der Waals surface area contributed by atoms with Gasteiger partial charge < -0.3 is 20.5 Å². The number of piperidine rings is 1. The largest absolute Gasteiger partial charge is 0.368 e. The SMILES string of the molecule is CN(c1ccccc1)c1nc(N)nc(-c2noc(C3C[C@H]4CC[C@@H](C3)N4)n2)n1. The van der Waals surface area contributed by atoms with E-state index in [1.54, 1.807) is 0 Å². The fourth-order valence-corrected chi connectivity index (χ4v) is 4.15. The summed E-state index contributed by atoms with van der Waals surface area (Å²) < 4.78 is 5.56. The number of fused-ring (bicyclic) bond motifs is 2. The Bertz CT molecular complexity index is 963. The molecule has 1 aromatic carbocycles. The smallest absolute Gasteiger partial charge is 0.240 e. The average molecular weight is 378 g/mol. The van der Waals surface area contributed by atoms with Crippen LogP contribution in [-0.4, -0.2) is 44.2 Å². The molecule has 2 aliphatic heterocycles. The quantitative estimate of drug-likeness (QED) is 0.704. The monoisotopic (exact) mass is 378 g/mol. The Morgan fingerprint density at radius 1 is 1.00 bits per heavy atom. The number of rotatable bonds is 4. The van der Waals surface area contributed by atoms with Gasteiger partial charge in [-0.15, -0.1) is 0 Å². The van der Waals surface area contributed by atoms with Gasteiger partial charge in [-0.05, 0) is 37.8 Å². The summed E-state index contributed by atoms with van der Waals surface area (Å²) in [6.07, 6.45) is 4.50. The summed E-state index contributed by atoms with van der Waals surface area (Å²) in [5.41, 5.74) is 6.87. The minimum atomic E-state index is 0.119. The number of aromatic nitrogens is 5. The zero-order valence-corrected chi connectivity index (χ0v) is 15.6. The Kier molecular flexibility index (Phi) is 4.16. The zero-order valence-electron chi connectivity index (χ0n) is 15.6. The normalized spacial score (nSPS) is 23.7. The highest BCUT2D eigenvalue weighted by Crippen LogP contribution is 2.37. The van der Waals surface area contributed by atoms with E-state index in [1.807, 2.05) is 42.3 Å². The van der Waals surface area contributed by atoms with Crippen molar-refractivity contribution in [2.75, 3.05) is 17.7 Å². The maximum absolute atomic E-state index is 5.92. The summed E-state index contributed by atoms with van der Waals surface area (Å²) in [6.45, 7) is 0. The molecule has 2 fully saturated rings. The number of nitrogens with two attached hydrogens (primary N) is 1. The molecule has 3 atom stereocenters. The van der Waals surface area contributed by atoms with Crippen LogP contribution in [0.25, 0.3) is 11.6 Å². The van der Waals surface area contributed by atoms with Crippen molar-refractivity contribution in [3.8, 4) is 11.6 Å². The van der Waals surface area contributed by atoms with Gasteiger partial charge >= 0.3 is 0 Å². The van der Waals surface area contributed by atoms with Gasteiger partial charge in [0.1, 0.15) is 0 Å². The number of nitrogen functional groups attached to an aromatic ring is 1. The first-order valence-corrected chi connectivity index (χ1v) is 9.56. The third-order valence-corrected chi connectivity index (χ3v) is 5.55. The predicted molar refractivity (Wildman–Crippen MR) is 104 cm³/mol. The minimum Gasteiger partial charge on any atom is -0.368 e. The standard InChI is InChI=1S/C19H22N8O/c1-27(14-5-3-2-4-6-14)19-24-15(23-18(20)25-19)16-22-17(28-26-16)11-9-12-7-8-13(10-11)21-12/h2-6,11-13,21H,7-10H2,1H3,(H2,20,23,24,25)/t11?,12-,13+. The zero-order chi connectivity index (χ0) is 19.1. The minimum absolute atomic E-state index is 0.119. The second-order valence-corrected chi connectivity index (χ2v) is 7.47. The summed E-state index contributed by atoms with van der Waals surface area (Å²) in [7, 11) is 1.88. The van der Waals surface area contributed by atoms with Crippen molar-refractivity contribution in [2.24, 2.45) is 0 Å². The summed E-state index contributed by atoms with van der Waals surface area (Å²) in [4.78, 5) is 19.4. The number of nitrogens with one attached hydrogen (secondary N) is 1. The van der Waals surface area contributed by atoms with Crippen LogP contribution in [0.5, 0.6) is 0 Å². The fraction of sp³-hybridized carbons (Fsp3) is 0.421. The Morgan fingerprint density at radius 3 is 2.50 bits per heavy atom. The van der Waals surface area contributed by atoms with E-state index in [-0.39, 0.29) is 11.9 Å². The van der Waals surface area contributed by atoms with Crippen LogP contribution in [0.3, 0.4) is 0 Å². The molecule has 2 aliphatic rings. The van der Waals surface area contributed by atoms with Gasteiger partial charge in [0, 0.05) is 30.7 Å². The molecule has 2 bridgehead atoms. The number of hydrogen-bond acceptors (Lipinski definition) is 9. The third-order valence-electron chi connectivity index (χ3n) is 5.55. The van der Waals surface area contributed by atoms with Crippen LogP contribution in [0.15, 0.2) is 34.9 Å². The highest BCUT2D eigenvalue weighted by Gasteiger charge is 2.36. The molecule has 28 heavy (non-hydrogen) atoms. The van der Waals surface area contributed by atoms with Gasteiger partial charge in [-0.1, -0.05) is 23.4 Å². The summed E-state index contributed by atoms with van der Waals surface area (Å²) >= 11 is 0. The van der Waals surface area contributed by atoms with Crippen molar-refractivity contribution in [3.05, 3.63) is 36.2 Å². The third kappa shape index (κ3) is 3.18. The maximum atomic E-state index is 5.92. The highest BCUT2D eigenvalue weighted by molar-refractivity contribution is 5.58. The van der Waals surface area contributed by atoms with Crippen molar-refractivity contribution in [1.29, 1.82) is 0 Å². The second kappa shape index (κ2) is 6.83. The molecule has 2 saturated heterocycles. The van der Waals surface area contributed by atoms with E-state index in [9.17, 15) is 0 Å². The van der Waals surface area contributed by atoms with Crippen LogP contribution in [0.2, 0.25) is 0 Å². The molecule has 5 rings (SSSR count). The number of nitrogens with zero attached hydrogens (tertiary/aromatic N) is 6. The Morgan fingerprint density at radius 2 is 1.75 bits per heavy atom. The van der Waals surface area contributed by atoms with Gasteiger partial charge in [0.05, 0.1) is 0 Å². The molecule has 3 N–H and O–H groups in total. The van der Waals surface area contributed by atoms with Gasteiger partial charge in [0.15, 0.2) is 0 Å². The first-order chi connectivity index (χ1) is 13.7. The number of benzene rings is 1. The van der Waals surface area contributed by atoms with Gasteiger partial charge in [-0.3, -0.25) is 0 Å². The molecule has 9 nitrogen and oxygen atoms in total. The van der Waals surface area contributed by atoms with Crippen LogP contribution in [0.4, 0.5) is 17.6 Å². The van der Waals surface area contributed by atoms with Gasteiger partial charge in [0.25, 0.3) is 0 Å². The Hall–Kier alpha value is -3.07. The average Bonchev–Trinajstić information content (AvgIpc) is 3.34. The predicted octanol–water partition coefficient (Wildman–Crippen LogP) is 2.27. The van der Waals surface area contributed by atoms with E-state index in [0.29, 0.717) is 35.6 Å². The van der Waals surface area contributed by atoms with E-state index in [1.165, 1.54) is 12.8 Å². The number of anilines is 3. The molecule has 0 aliphatic carbocycles. The molecule has 0 radical (unpaired) electrons. The van der Waals surface area contributed by atoms with Crippen LogP contribution < -0.4 is 16.0 Å². The molecule has 0 amide bonds. The van der Waals surface area contributed by atoms with E-state index < -0.39 is 0 Å². The maximum Gasteiger partial charge on any atom is 0.240 e. The molecule has 3 aromatic rings. The van der Waals surface area contributed by atoms with Gasteiger partial charge in [-0.2, -0.15) is 19.9 Å². The van der Waals surface area contributed by atoms with E-state index >= 15 is 0 Å². The van der Waals surface area contributed by atoms with Gasteiger partial charge in [-0.25, -0.2) is 0 Å². The Balaban J connectivity index is 1.42. The number of hydrogen-bond donors (Lipinski definition) is 2. The first kappa shape index (κ1) is 17.1. The van der Waals surface area contributed by atoms with Crippen molar-refractivity contribution in [1.82, 2.24) is 30.4 Å². The van der Waals surface area contributed by atoms with Gasteiger partial charge in [0.2, 0.25) is 29.4 Å². The lowest BCUT2D eigenvalue weighted by atomic mass is 9.92. The second-order valence-electron chi connectivity index (χ2n) is 7.47. The summed E-state index contributed by atoms with van der Waals surface area (Å²) in [5, 5.41) is 7.74. The van der Waals surface area contributed by atoms with Crippen molar-refractivity contribution in [2.45, 2.75) is 43.7 Å². The summed E-state index contributed by atoms with van der Waals surface area (Å²) in [6, 6.07) is 10.9. The molecule has 9 heteroatoms. The molecule has 144 valence electrons. The fourth-order valence-electron chi connectivity index (χ4n) is 4.15. The van der Waals surface area contributed by atoms with Crippen molar-refractivity contribution < 1.29 is 4.52 Å². The number of para-hydroxylation sites is 1. The topological polar surface area (TPSA) is 119 Å². The summed E-state index contributed by atoms with van der Waals surface area (Å²) in [5.74, 6) is 2.15. The molecule has 4 heterocycles. The molecule has 2 aromatic heterocycles. The lowest BCUT2D eigenvalue weighted by molar-refractivity contribution is 0.287. The van der Waals surface area contributed by atoms with E-state index in [2.05, 4.69) is 30.4 Å². The molecular weight excluding hydrogens is 356 g/mol. The van der Waals surface area contributed by atoms with Crippen molar-refractivity contribution >= 4 is 17.6 Å². The first-order valence-electron chi connectivity index (χ1n) is 9.56. The van der Waals surface area contributed by atoms with E-state index in [4.69, 9.17) is 10.3 Å². The van der Waals surface area contributed by atoms with E-state index in [0.717, 1.165) is 18.5 Å². The van der Waals surface area contributed by atoms with Crippen LogP contribution in [0, 0.1) is 0 Å². The molecular formula is C19H22N8O. The highest BCUT2D eigenvalue weighted by atomic mass is 16.5.